The van der Waals surface area contributed by atoms with Crippen molar-refractivity contribution < 1.29 is 9.90 Å². The molecule has 106 valence electrons. The molecule has 1 saturated carbocycles. The molecule has 1 fully saturated rings. The van der Waals surface area contributed by atoms with Crippen LogP contribution in [0.3, 0.4) is 0 Å². The molecule has 3 atom stereocenters. The Morgan fingerprint density at radius 2 is 2.00 bits per heavy atom. The van der Waals surface area contributed by atoms with Crippen molar-refractivity contribution in [3.05, 3.63) is 0 Å². The third-order valence-electron chi connectivity index (χ3n) is 4.51. The summed E-state index contributed by atoms with van der Waals surface area (Å²) in [7, 11) is 0. The van der Waals surface area contributed by atoms with E-state index in [2.05, 4.69) is 20.8 Å². The normalized spacial score (nSPS) is 28.4. The minimum absolute atomic E-state index is 0.300. The van der Waals surface area contributed by atoms with Crippen LogP contribution < -0.4 is 5.73 Å². The molecule has 0 amide bonds. The number of rotatable bonds is 9. The van der Waals surface area contributed by atoms with E-state index in [-0.39, 0.29) is 0 Å². The van der Waals surface area contributed by atoms with Gasteiger partial charge >= 0.3 is 5.97 Å². The molecule has 0 bridgehead atoms. The van der Waals surface area contributed by atoms with E-state index in [4.69, 9.17) is 10.8 Å². The summed E-state index contributed by atoms with van der Waals surface area (Å²) in [4.78, 5) is 11.1. The third-order valence-corrected chi connectivity index (χ3v) is 4.51. The van der Waals surface area contributed by atoms with Gasteiger partial charge < -0.3 is 10.8 Å². The second kappa shape index (κ2) is 6.55. The summed E-state index contributed by atoms with van der Waals surface area (Å²) in [5, 5.41) is 9.16. The maximum atomic E-state index is 11.1. The minimum Gasteiger partial charge on any atom is -0.481 e. The standard InChI is InChI=1S/C15H29NO2/c1-11(2)5-4-6-12(3)7-8-13-9-15(13,10-16)14(17)18/h11-13H,4-10,16H2,1-3H3,(H,17,18). The summed E-state index contributed by atoms with van der Waals surface area (Å²) in [5.74, 6) is 1.14. The fourth-order valence-electron chi connectivity index (χ4n) is 2.86. The van der Waals surface area contributed by atoms with Crippen molar-refractivity contribution in [1.82, 2.24) is 0 Å². The molecule has 3 nitrogen and oxygen atoms in total. The van der Waals surface area contributed by atoms with E-state index in [9.17, 15) is 4.79 Å². The lowest BCUT2D eigenvalue weighted by Crippen LogP contribution is -2.27. The first-order chi connectivity index (χ1) is 8.42. The van der Waals surface area contributed by atoms with E-state index in [1.807, 2.05) is 0 Å². The van der Waals surface area contributed by atoms with Gasteiger partial charge in [0.25, 0.3) is 0 Å². The summed E-state index contributed by atoms with van der Waals surface area (Å²) in [6, 6.07) is 0. The van der Waals surface area contributed by atoms with E-state index in [0.29, 0.717) is 18.4 Å². The largest absolute Gasteiger partial charge is 0.481 e. The molecule has 1 rings (SSSR count). The molecule has 3 heteroatoms. The smallest absolute Gasteiger partial charge is 0.311 e. The predicted octanol–water partition coefficient (Wildman–Crippen LogP) is 3.28. The van der Waals surface area contributed by atoms with Crippen molar-refractivity contribution in [2.45, 2.75) is 59.3 Å². The second-order valence-corrected chi connectivity index (χ2v) is 6.57. The van der Waals surface area contributed by atoms with Crippen molar-refractivity contribution >= 4 is 5.97 Å². The van der Waals surface area contributed by atoms with Crippen LogP contribution in [0.4, 0.5) is 0 Å². The number of carboxylic acid groups (broad SMARTS) is 1. The average molecular weight is 255 g/mol. The number of carbonyl (C=O) groups is 1. The molecule has 1 aliphatic carbocycles. The summed E-state index contributed by atoms with van der Waals surface area (Å²) < 4.78 is 0. The summed E-state index contributed by atoms with van der Waals surface area (Å²) in [6.07, 6.45) is 6.84. The highest BCUT2D eigenvalue weighted by Gasteiger charge is 2.58. The van der Waals surface area contributed by atoms with Gasteiger partial charge in [0.1, 0.15) is 0 Å². The SMILES string of the molecule is CC(C)CCCC(C)CCC1CC1(CN)C(=O)O. The Morgan fingerprint density at radius 1 is 1.33 bits per heavy atom. The predicted molar refractivity (Wildman–Crippen MR) is 74.3 cm³/mol. The molecule has 3 unspecified atom stereocenters. The summed E-state index contributed by atoms with van der Waals surface area (Å²) in [6.45, 7) is 7.11. The Kier molecular flexibility index (Phi) is 5.64. The molecule has 0 spiro atoms. The third kappa shape index (κ3) is 3.98. The van der Waals surface area contributed by atoms with Crippen LogP contribution in [-0.2, 0) is 4.79 Å². The van der Waals surface area contributed by atoms with E-state index in [1.165, 1.54) is 19.3 Å². The van der Waals surface area contributed by atoms with Gasteiger partial charge in [-0.1, -0.05) is 46.5 Å². The number of aliphatic carboxylic acids is 1. The average Bonchev–Trinajstić information content (AvgIpc) is 3.01. The zero-order chi connectivity index (χ0) is 13.8. The maximum absolute atomic E-state index is 11.1. The quantitative estimate of drug-likeness (QED) is 0.664. The molecule has 0 aromatic heterocycles. The monoisotopic (exact) mass is 255 g/mol. The molecule has 0 aromatic rings. The lowest BCUT2D eigenvalue weighted by Gasteiger charge is -2.13. The van der Waals surface area contributed by atoms with Gasteiger partial charge in [0.05, 0.1) is 5.41 Å². The fraction of sp³-hybridized carbons (Fsp3) is 0.933. The van der Waals surface area contributed by atoms with Crippen LogP contribution in [0.15, 0.2) is 0 Å². The topological polar surface area (TPSA) is 63.3 Å². The Labute approximate surface area is 111 Å². The second-order valence-electron chi connectivity index (χ2n) is 6.57. The lowest BCUT2D eigenvalue weighted by atomic mass is 9.93. The molecule has 1 aliphatic rings. The van der Waals surface area contributed by atoms with Crippen LogP contribution in [-0.4, -0.2) is 17.6 Å². The molecular weight excluding hydrogens is 226 g/mol. The molecular formula is C15H29NO2. The molecule has 0 aliphatic heterocycles. The van der Waals surface area contributed by atoms with Crippen molar-refractivity contribution in [3.8, 4) is 0 Å². The first kappa shape index (κ1) is 15.5. The first-order valence-corrected chi connectivity index (χ1v) is 7.36. The minimum atomic E-state index is -0.692. The Hall–Kier alpha value is -0.570. The Morgan fingerprint density at radius 3 is 2.44 bits per heavy atom. The molecule has 0 heterocycles. The zero-order valence-electron chi connectivity index (χ0n) is 12.1. The van der Waals surface area contributed by atoms with Crippen LogP contribution >= 0.6 is 0 Å². The van der Waals surface area contributed by atoms with Crippen molar-refractivity contribution in [3.63, 3.8) is 0 Å². The van der Waals surface area contributed by atoms with Gasteiger partial charge in [-0.25, -0.2) is 0 Å². The number of hydrogen-bond donors (Lipinski definition) is 2. The molecule has 18 heavy (non-hydrogen) atoms. The molecule has 3 N–H and O–H groups in total. The fourth-order valence-corrected chi connectivity index (χ4v) is 2.86. The van der Waals surface area contributed by atoms with Gasteiger partial charge in [-0.15, -0.1) is 0 Å². The van der Waals surface area contributed by atoms with Crippen LogP contribution in [0.25, 0.3) is 0 Å². The summed E-state index contributed by atoms with van der Waals surface area (Å²) in [5.41, 5.74) is 5.03. The molecule has 0 radical (unpaired) electrons. The highest BCUT2D eigenvalue weighted by atomic mass is 16.4. The van der Waals surface area contributed by atoms with E-state index in [0.717, 1.165) is 25.2 Å². The van der Waals surface area contributed by atoms with E-state index in [1.54, 1.807) is 0 Å². The van der Waals surface area contributed by atoms with Crippen LogP contribution in [0.5, 0.6) is 0 Å². The molecule has 0 aromatic carbocycles. The van der Waals surface area contributed by atoms with Crippen molar-refractivity contribution in [2.75, 3.05) is 6.54 Å². The Bertz CT molecular complexity index is 278. The Balaban J connectivity index is 2.17. The van der Waals surface area contributed by atoms with Gasteiger partial charge in [0.2, 0.25) is 0 Å². The number of hydrogen-bond acceptors (Lipinski definition) is 2. The van der Waals surface area contributed by atoms with Gasteiger partial charge in [0, 0.05) is 6.54 Å². The van der Waals surface area contributed by atoms with Crippen LogP contribution in [0, 0.1) is 23.2 Å². The van der Waals surface area contributed by atoms with Crippen LogP contribution in [0.2, 0.25) is 0 Å². The van der Waals surface area contributed by atoms with Gasteiger partial charge in [0.15, 0.2) is 0 Å². The zero-order valence-corrected chi connectivity index (χ0v) is 12.1. The van der Waals surface area contributed by atoms with Gasteiger partial charge in [-0.05, 0) is 30.6 Å². The first-order valence-electron chi connectivity index (χ1n) is 7.36. The van der Waals surface area contributed by atoms with Crippen molar-refractivity contribution in [2.24, 2.45) is 28.9 Å². The van der Waals surface area contributed by atoms with Gasteiger partial charge in [-0.3, -0.25) is 4.79 Å². The summed E-state index contributed by atoms with van der Waals surface area (Å²) >= 11 is 0. The molecule has 0 saturated heterocycles. The highest BCUT2D eigenvalue weighted by molar-refractivity contribution is 5.78. The maximum Gasteiger partial charge on any atom is 0.311 e. The van der Waals surface area contributed by atoms with Gasteiger partial charge in [-0.2, -0.15) is 0 Å². The lowest BCUT2D eigenvalue weighted by molar-refractivity contribution is -0.143. The van der Waals surface area contributed by atoms with E-state index < -0.39 is 11.4 Å². The number of carboxylic acids is 1. The highest BCUT2D eigenvalue weighted by Crippen LogP contribution is 2.54. The van der Waals surface area contributed by atoms with Crippen molar-refractivity contribution in [1.29, 1.82) is 0 Å². The number of nitrogens with two attached hydrogens (primary N) is 1. The van der Waals surface area contributed by atoms with E-state index >= 15 is 0 Å². The van der Waals surface area contributed by atoms with Crippen LogP contribution in [0.1, 0.15) is 59.3 Å².